The van der Waals surface area contributed by atoms with E-state index in [4.69, 9.17) is 0 Å². The summed E-state index contributed by atoms with van der Waals surface area (Å²) in [5.74, 6) is 0. The molecule has 0 spiro atoms. The molecular formula is C13H15NO. The van der Waals surface area contributed by atoms with Gasteiger partial charge in [-0.1, -0.05) is 19.4 Å². The summed E-state index contributed by atoms with van der Waals surface area (Å²) in [5.41, 5.74) is 2.39. The minimum absolute atomic E-state index is 0.0470. The van der Waals surface area contributed by atoms with Crippen LogP contribution in [0.1, 0.15) is 18.9 Å². The molecule has 1 aromatic heterocycles. The third kappa shape index (κ3) is 1.80. The molecule has 2 nitrogen and oxygen atoms in total. The van der Waals surface area contributed by atoms with Gasteiger partial charge in [-0.05, 0) is 35.6 Å². The first-order valence-corrected chi connectivity index (χ1v) is 5.31. The van der Waals surface area contributed by atoms with Crippen molar-refractivity contribution in [1.82, 2.24) is 4.57 Å². The molecule has 0 fully saturated rings. The Labute approximate surface area is 89.2 Å². The Kier molecular flexibility index (Phi) is 2.58. The average molecular weight is 201 g/mol. The van der Waals surface area contributed by atoms with Crippen LogP contribution in [0.3, 0.4) is 0 Å². The van der Waals surface area contributed by atoms with Gasteiger partial charge in [0.2, 0.25) is 0 Å². The molecular weight excluding hydrogens is 186 g/mol. The van der Waals surface area contributed by atoms with Gasteiger partial charge in [-0.15, -0.1) is 0 Å². The van der Waals surface area contributed by atoms with E-state index in [1.165, 1.54) is 5.56 Å². The molecule has 0 bridgehead atoms. The van der Waals surface area contributed by atoms with Crippen LogP contribution in [0.4, 0.5) is 0 Å². The first kappa shape index (κ1) is 9.97. The van der Waals surface area contributed by atoms with Crippen LogP contribution in [0.15, 0.2) is 35.1 Å². The fourth-order valence-corrected chi connectivity index (χ4v) is 1.88. The predicted molar refractivity (Wildman–Crippen MR) is 63.2 cm³/mol. The molecule has 0 aliphatic heterocycles. The van der Waals surface area contributed by atoms with Crippen LogP contribution in [0.2, 0.25) is 0 Å². The van der Waals surface area contributed by atoms with E-state index in [0.717, 1.165) is 23.7 Å². The molecule has 15 heavy (non-hydrogen) atoms. The van der Waals surface area contributed by atoms with Crippen molar-refractivity contribution in [1.29, 1.82) is 0 Å². The standard InChI is InChI=1S/C13H15NO/c1-3-4-10-5-7-12-11(9-10)6-8-13(15)14(12)2/h5-9H,3-4H2,1-2H3. The molecule has 0 unspecified atom stereocenters. The summed E-state index contributed by atoms with van der Waals surface area (Å²) < 4.78 is 1.69. The minimum atomic E-state index is 0.0470. The maximum absolute atomic E-state index is 11.4. The van der Waals surface area contributed by atoms with Crippen LogP contribution >= 0.6 is 0 Å². The van der Waals surface area contributed by atoms with Gasteiger partial charge >= 0.3 is 0 Å². The molecule has 1 heterocycles. The fraction of sp³-hybridized carbons (Fsp3) is 0.308. The largest absolute Gasteiger partial charge is 0.311 e. The first-order chi connectivity index (χ1) is 7.22. The van der Waals surface area contributed by atoms with Crippen molar-refractivity contribution >= 4 is 10.9 Å². The van der Waals surface area contributed by atoms with Gasteiger partial charge in [0.25, 0.3) is 5.56 Å². The summed E-state index contributed by atoms with van der Waals surface area (Å²) in [7, 11) is 1.81. The van der Waals surface area contributed by atoms with E-state index in [1.807, 2.05) is 19.2 Å². The third-order valence-corrected chi connectivity index (χ3v) is 2.73. The van der Waals surface area contributed by atoms with Crippen LogP contribution in [-0.4, -0.2) is 4.57 Å². The van der Waals surface area contributed by atoms with E-state index in [0.29, 0.717) is 0 Å². The Morgan fingerprint density at radius 1 is 1.20 bits per heavy atom. The number of fused-ring (bicyclic) bond motifs is 1. The molecule has 0 saturated carbocycles. The highest BCUT2D eigenvalue weighted by Gasteiger charge is 1.99. The van der Waals surface area contributed by atoms with Gasteiger partial charge in [0.05, 0.1) is 5.52 Å². The van der Waals surface area contributed by atoms with Crippen molar-refractivity contribution in [2.24, 2.45) is 7.05 Å². The summed E-state index contributed by atoms with van der Waals surface area (Å²) in [6, 6.07) is 9.82. The molecule has 0 N–H and O–H groups in total. The molecule has 0 radical (unpaired) electrons. The van der Waals surface area contributed by atoms with E-state index >= 15 is 0 Å². The second kappa shape index (κ2) is 3.89. The summed E-state index contributed by atoms with van der Waals surface area (Å²) in [6.45, 7) is 2.17. The number of aromatic nitrogens is 1. The Morgan fingerprint density at radius 3 is 2.73 bits per heavy atom. The fourth-order valence-electron chi connectivity index (χ4n) is 1.88. The maximum atomic E-state index is 11.4. The van der Waals surface area contributed by atoms with Gasteiger partial charge < -0.3 is 4.57 Å². The van der Waals surface area contributed by atoms with Gasteiger partial charge in [-0.2, -0.15) is 0 Å². The van der Waals surface area contributed by atoms with Crippen LogP contribution in [0, 0.1) is 0 Å². The Balaban J connectivity index is 2.64. The topological polar surface area (TPSA) is 22.0 Å². The third-order valence-electron chi connectivity index (χ3n) is 2.73. The molecule has 0 aliphatic carbocycles. The average Bonchev–Trinajstić information content (AvgIpc) is 2.24. The summed E-state index contributed by atoms with van der Waals surface area (Å²) in [4.78, 5) is 11.4. The quantitative estimate of drug-likeness (QED) is 0.731. The lowest BCUT2D eigenvalue weighted by atomic mass is 10.1. The van der Waals surface area contributed by atoms with Gasteiger partial charge in [0.1, 0.15) is 0 Å². The van der Waals surface area contributed by atoms with E-state index in [9.17, 15) is 4.79 Å². The Bertz CT molecular complexity index is 540. The lowest BCUT2D eigenvalue weighted by Crippen LogP contribution is -2.14. The zero-order valence-electron chi connectivity index (χ0n) is 9.16. The van der Waals surface area contributed by atoms with Crippen molar-refractivity contribution in [2.45, 2.75) is 19.8 Å². The SMILES string of the molecule is CCCc1ccc2c(ccc(=O)n2C)c1. The molecule has 78 valence electrons. The van der Waals surface area contributed by atoms with Crippen molar-refractivity contribution in [3.8, 4) is 0 Å². The van der Waals surface area contributed by atoms with E-state index in [2.05, 4.69) is 19.1 Å². The monoisotopic (exact) mass is 201 g/mol. The zero-order valence-corrected chi connectivity index (χ0v) is 9.16. The molecule has 0 saturated heterocycles. The Morgan fingerprint density at radius 2 is 2.00 bits per heavy atom. The molecule has 2 aromatic rings. The molecule has 2 rings (SSSR count). The second-order valence-corrected chi connectivity index (χ2v) is 3.87. The minimum Gasteiger partial charge on any atom is -0.311 e. The van der Waals surface area contributed by atoms with Crippen LogP contribution < -0.4 is 5.56 Å². The highest BCUT2D eigenvalue weighted by Crippen LogP contribution is 2.14. The van der Waals surface area contributed by atoms with Gasteiger partial charge in [-0.3, -0.25) is 4.79 Å². The first-order valence-electron chi connectivity index (χ1n) is 5.31. The van der Waals surface area contributed by atoms with E-state index in [1.54, 1.807) is 10.6 Å². The number of hydrogen-bond acceptors (Lipinski definition) is 1. The summed E-state index contributed by atoms with van der Waals surface area (Å²) in [6.07, 6.45) is 2.25. The number of benzene rings is 1. The van der Waals surface area contributed by atoms with Crippen molar-refractivity contribution < 1.29 is 0 Å². The van der Waals surface area contributed by atoms with Gasteiger partial charge in [0.15, 0.2) is 0 Å². The number of nitrogens with zero attached hydrogens (tertiary/aromatic N) is 1. The van der Waals surface area contributed by atoms with Crippen LogP contribution in [0.25, 0.3) is 10.9 Å². The predicted octanol–water partition coefficient (Wildman–Crippen LogP) is 2.49. The van der Waals surface area contributed by atoms with Crippen molar-refractivity contribution in [2.75, 3.05) is 0 Å². The maximum Gasteiger partial charge on any atom is 0.250 e. The second-order valence-electron chi connectivity index (χ2n) is 3.87. The summed E-state index contributed by atoms with van der Waals surface area (Å²) in [5, 5.41) is 1.14. The van der Waals surface area contributed by atoms with Crippen LogP contribution in [0.5, 0.6) is 0 Å². The smallest absolute Gasteiger partial charge is 0.250 e. The van der Waals surface area contributed by atoms with Crippen molar-refractivity contribution in [3.63, 3.8) is 0 Å². The number of pyridine rings is 1. The lowest BCUT2D eigenvalue weighted by molar-refractivity contribution is 0.900. The normalized spacial score (nSPS) is 10.8. The summed E-state index contributed by atoms with van der Waals surface area (Å²) >= 11 is 0. The van der Waals surface area contributed by atoms with Crippen LogP contribution in [-0.2, 0) is 13.5 Å². The zero-order chi connectivity index (χ0) is 10.8. The van der Waals surface area contributed by atoms with Crippen molar-refractivity contribution in [3.05, 3.63) is 46.2 Å². The number of rotatable bonds is 2. The van der Waals surface area contributed by atoms with E-state index < -0.39 is 0 Å². The highest BCUT2D eigenvalue weighted by atomic mass is 16.1. The molecule has 0 amide bonds. The number of hydrogen-bond donors (Lipinski definition) is 0. The highest BCUT2D eigenvalue weighted by molar-refractivity contribution is 5.79. The molecule has 0 atom stereocenters. The van der Waals surface area contributed by atoms with E-state index in [-0.39, 0.29) is 5.56 Å². The van der Waals surface area contributed by atoms with Gasteiger partial charge in [-0.25, -0.2) is 0 Å². The number of aryl methyl sites for hydroxylation is 2. The lowest BCUT2D eigenvalue weighted by Gasteiger charge is -2.06. The molecule has 2 heteroatoms. The van der Waals surface area contributed by atoms with Gasteiger partial charge in [0, 0.05) is 13.1 Å². The molecule has 0 aliphatic rings. The Hall–Kier alpha value is -1.57. The molecule has 1 aromatic carbocycles.